The van der Waals surface area contributed by atoms with E-state index in [0.29, 0.717) is 12.2 Å². The van der Waals surface area contributed by atoms with Crippen molar-refractivity contribution in [1.29, 1.82) is 0 Å². The van der Waals surface area contributed by atoms with E-state index in [1.165, 1.54) is 6.07 Å². The first-order valence-corrected chi connectivity index (χ1v) is 9.48. The fourth-order valence-electron chi connectivity index (χ4n) is 2.08. The quantitative estimate of drug-likeness (QED) is 0.877. The number of hydrogen-bond donors (Lipinski definition) is 1. The van der Waals surface area contributed by atoms with Crippen molar-refractivity contribution in [2.75, 3.05) is 25.2 Å². The fraction of sp³-hybridized carbons (Fsp3) is 0.267. The lowest BCUT2D eigenvalue weighted by Crippen LogP contribution is -2.30. The normalized spacial score (nSPS) is 11.6. The average Bonchev–Trinajstić information content (AvgIpc) is 2.90. The molecular formula is C15H18N2O3S2. The van der Waals surface area contributed by atoms with Crippen LogP contribution < -0.4 is 5.32 Å². The van der Waals surface area contributed by atoms with Gasteiger partial charge in [-0.15, -0.1) is 0 Å². The van der Waals surface area contributed by atoms with Crippen LogP contribution in [0.25, 0.3) is 0 Å². The Morgan fingerprint density at radius 3 is 2.64 bits per heavy atom. The van der Waals surface area contributed by atoms with Gasteiger partial charge < -0.3 is 5.32 Å². The van der Waals surface area contributed by atoms with Gasteiger partial charge in [0.15, 0.2) is 9.84 Å². The molecule has 0 aliphatic heterocycles. The third-order valence-corrected chi connectivity index (χ3v) is 4.89. The summed E-state index contributed by atoms with van der Waals surface area (Å²) in [5.74, 6) is -0.242. The summed E-state index contributed by atoms with van der Waals surface area (Å²) in [6.45, 7) is 0.860. The van der Waals surface area contributed by atoms with Crippen LogP contribution in [0.15, 0.2) is 46.0 Å². The Morgan fingerprint density at radius 1 is 1.27 bits per heavy atom. The number of rotatable bonds is 6. The second kappa shape index (κ2) is 7.04. The Balaban J connectivity index is 2.01. The topological polar surface area (TPSA) is 66.5 Å². The summed E-state index contributed by atoms with van der Waals surface area (Å²) in [7, 11) is -1.53. The molecule has 1 aromatic carbocycles. The Labute approximate surface area is 134 Å². The van der Waals surface area contributed by atoms with Gasteiger partial charge in [0.25, 0.3) is 0 Å². The molecule has 2 aromatic rings. The molecular weight excluding hydrogens is 320 g/mol. The van der Waals surface area contributed by atoms with Crippen molar-refractivity contribution in [2.24, 2.45) is 0 Å². The van der Waals surface area contributed by atoms with Gasteiger partial charge in [-0.3, -0.25) is 9.69 Å². The van der Waals surface area contributed by atoms with E-state index in [0.717, 1.165) is 11.8 Å². The standard InChI is InChI=1S/C15H18N2O3S2/c1-17(9-12-7-8-21-11-12)10-15(18)16-13-5-3-4-6-14(13)22(2,19)20/h3-8,11H,9-10H2,1-2H3,(H,16,18). The lowest BCUT2D eigenvalue weighted by atomic mass is 10.3. The van der Waals surface area contributed by atoms with Crippen molar-refractivity contribution >= 4 is 32.8 Å². The number of carbonyl (C=O) groups is 1. The molecule has 0 aliphatic carbocycles. The highest BCUT2D eigenvalue weighted by Gasteiger charge is 2.15. The van der Waals surface area contributed by atoms with E-state index < -0.39 is 9.84 Å². The highest BCUT2D eigenvalue weighted by atomic mass is 32.2. The van der Waals surface area contributed by atoms with Crippen LogP contribution in [-0.4, -0.2) is 39.1 Å². The zero-order chi connectivity index (χ0) is 16.2. The number of amides is 1. The summed E-state index contributed by atoms with van der Waals surface area (Å²) >= 11 is 1.61. The molecule has 0 spiro atoms. The monoisotopic (exact) mass is 338 g/mol. The molecule has 1 amide bonds. The minimum atomic E-state index is -3.38. The number of para-hydroxylation sites is 1. The third-order valence-electron chi connectivity index (χ3n) is 3.01. The maximum Gasteiger partial charge on any atom is 0.238 e. The molecule has 22 heavy (non-hydrogen) atoms. The van der Waals surface area contributed by atoms with E-state index in [4.69, 9.17) is 0 Å². The van der Waals surface area contributed by atoms with Crippen molar-refractivity contribution in [2.45, 2.75) is 11.4 Å². The van der Waals surface area contributed by atoms with Crippen LogP contribution in [-0.2, 0) is 21.2 Å². The second-order valence-corrected chi connectivity index (χ2v) is 7.88. The van der Waals surface area contributed by atoms with E-state index in [1.54, 1.807) is 29.5 Å². The predicted molar refractivity (Wildman–Crippen MR) is 88.8 cm³/mol. The first kappa shape index (κ1) is 16.7. The summed E-state index contributed by atoms with van der Waals surface area (Å²) in [6.07, 6.45) is 1.13. The smallest absolute Gasteiger partial charge is 0.238 e. The van der Waals surface area contributed by atoms with Crippen LogP contribution in [0.3, 0.4) is 0 Å². The zero-order valence-corrected chi connectivity index (χ0v) is 14.1. The van der Waals surface area contributed by atoms with Gasteiger partial charge in [-0.25, -0.2) is 8.42 Å². The fourth-order valence-corrected chi connectivity index (χ4v) is 3.58. The summed E-state index contributed by atoms with van der Waals surface area (Å²) < 4.78 is 23.4. The maximum atomic E-state index is 12.1. The van der Waals surface area contributed by atoms with Gasteiger partial charge in [0.2, 0.25) is 5.91 Å². The molecule has 118 valence electrons. The number of sulfone groups is 1. The number of likely N-dealkylation sites (N-methyl/N-ethyl adjacent to an activating group) is 1. The first-order chi connectivity index (χ1) is 10.4. The van der Waals surface area contributed by atoms with Crippen LogP contribution >= 0.6 is 11.3 Å². The van der Waals surface area contributed by atoms with Gasteiger partial charge in [0.05, 0.1) is 17.1 Å². The molecule has 0 radical (unpaired) electrons. The molecule has 0 saturated heterocycles. The van der Waals surface area contributed by atoms with Crippen LogP contribution in [0.2, 0.25) is 0 Å². The third kappa shape index (κ3) is 4.66. The van der Waals surface area contributed by atoms with Crippen molar-refractivity contribution < 1.29 is 13.2 Å². The number of benzene rings is 1. The molecule has 0 bridgehead atoms. The van der Waals surface area contributed by atoms with Crippen molar-refractivity contribution in [1.82, 2.24) is 4.90 Å². The number of thiophene rings is 1. The highest BCUT2D eigenvalue weighted by molar-refractivity contribution is 7.90. The minimum Gasteiger partial charge on any atom is -0.324 e. The maximum absolute atomic E-state index is 12.1. The average molecular weight is 338 g/mol. The molecule has 2 rings (SSSR count). The number of anilines is 1. The largest absolute Gasteiger partial charge is 0.324 e. The van der Waals surface area contributed by atoms with Gasteiger partial charge in [-0.05, 0) is 41.6 Å². The minimum absolute atomic E-state index is 0.129. The Kier molecular flexibility index (Phi) is 5.33. The van der Waals surface area contributed by atoms with Crippen molar-refractivity contribution in [3.8, 4) is 0 Å². The second-order valence-electron chi connectivity index (χ2n) is 5.12. The van der Waals surface area contributed by atoms with Gasteiger partial charge >= 0.3 is 0 Å². The van der Waals surface area contributed by atoms with Gasteiger partial charge in [-0.2, -0.15) is 11.3 Å². The summed E-state index contributed by atoms with van der Waals surface area (Å²) in [6, 6.07) is 8.42. The van der Waals surface area contributed by atoms with E-state index in [1.807, 2.05) is 28.8 Å². The lowest BCUT2D eigenvalue weighted by Gasteiger charge is -2.16. The van der Waals surface area contributed by atoms with Gasteiger partial charge in [0, 0.05) is 12.8 Å². The first-order valence-electron chi connectivity index (χ1n) is 6.65. The summed E-state index contributed by atoms with van der Waals surface area (Å²) in [5.41, 5.74) is 1.47. The molecule has 1 aromatic heterocycles. The highest BCUT2D eigenvalue weighted by Crippen LogP contribution is 2.20. The summed E-state index contributed by atoms with van der Waals surface area (Å²) in [5, 5.41) is 6.70. The number of nitrogens with zero attached hydrogens (tertiary/aromatic N) is 1. The Hall–Kier alpha value is -1.70. The zero-order valence-electron chi connectivity index (χ0n) is 12.4. The van der Waals surface area contributed by atoms with Gasteiger partial charge in [0.1, 0.15) is 0 Å². The van der Waals surface area contributed by atoms with Crippen LogP contribution in [0.5, 0.6) is 0 Å². The molecule has 5 nitrogen and oxygen atoms in total. The van der Waals surface area contributed by atoms with E-state index in [2.05, 4.69) is 5.32 Å². The molecule has 7 heteroatoms. The Bertz CT molecular complexity index is 740. The number of hydrogen-bond acceptors (Lipinski definition) is 5. The molecule has 0 saturated carbocycles. The predicted octanol–water partition coefficient (Wildman–Crippen LogP) is 2.22. The van der Waals surface area contributed by atoms with E-state index in [9.17, 15) is 13.2 Å². The van der Waals surface area contributed by atoms with Crippen molar-refractivity contribution in [3.63, 3.8) is 0 Å². The molecule has 0 unspecified atom stereocenters. The van der Waals surface area contributed by atoms with Crippen LogP contribution in [0.1, 0.15) is 5.56 Å². The van der Waals surface area contributed by atoms with Gasteiger partial charge in [-0.1, -0.05) is 12.1 Å². The SMILES string of the molecule is CN(CC(=O)Nc1ccccc1S(C)(=O)=O)Cc1ccsc1. The summed E-state index contributed by atoms with van der Waals surface area (Å²) in [4.78, 5) is 14.1. The van der Waals surface area contributed by atoms with E-state index >= 15 is 0 Å². The number of nitrogens with one attached hydrogen (secondary N) is 1. The molecule has 0 atom stereocenters. The molecule has 0 fully saturated rings. The van der Waals surface area contributed by atoms with Crippen molar-refractivity contribution in [3.05, 3.63) is 46.7 Å². The van der Waals surface area contributed by atoms with E-state index in [-0.39, 0.29) is 17.3 Å². The molecule has 1 N–H and O–H groups in total. The molecule has 1 heterocycles. The molecule has 0 aliphatic rings. The number of carbonyl (C=O) groups excluding carboxylic acids is 1. The van der Waals surface area contributed by atoms with Crippen LogP contribution in [0, 0.1) is 0 Å². The lowest BCUT2D eigenvalue weighted by molar-refractivity contribution is -0.117. The van der Waals surface area contributed by atoms with Crippen LogP contribution in [0.4, 0.5) is 5.69 Å². The Morgan fingerprint density at radius 2 is 2.00 bits per heavy atom.